The highest BCUT2D eigenvalue weighted by atomic mass is 14.3. The fraction of sp³-hybridized carbons (Fsp3) is 0.116. The summed E-state index contributed by atoms with van der Waals surface area (Å²) in [5.74, 6) is 0. The first-order valence-electron chi connectivity index (χ1n) is 24.3. The summed E-state index contributed by atoms with van der Waals surface area (Å²) >= 11 is 0. The number of rotatable bonds is 0. The number of aryl methyl sites for hydroxylation is 7. The average molecular weight is 1060 g/mol. The second-order valence-electron chi connectivity index (χ2n) is 17.1. The monoisotopic (exact) mass is 1060 g/mol. The molecule has 8 rings (SSSR count). The van der Waals surface area contributed by atoms with Crippen molar-refractivity contribution >= 4 is 0 Å². The molecule has 0 fully saturated rings. The van der Waals surface area contributed by atoms with Gasteiger partial charge >= 0.3 is 0 Å². The molecule has 0 saturated carbocycles. The van der Waals surface area contributed by atoms with Crippen LogP contribution in [-0.2, 0) is 0 Å². The van der Waals surface area contributed by atoms with E-state index in [0.29, 0.717) is 55.6 Å². The van der Waals surface area contributed by atoms with Gasteiger partial charge in [-0.2, -0.15) is 68.4 Å². The Kier molecular flexibility index (Phi) is 30.9. The third-order valence-corrected chi connectivity index (χ3v) is 11.1. The van der Waals surface area contributed by atoms with Gasteiger partial charge in [-0.15, -0.1) is 0 Å². The second-order valence-corrected chi connectivity index (χ2v) is 17.1. The lowest BCUT2D eigenvalue weighted by Crippen LogP contribution is -1.86. The maximum atomic E-state index is 8.63. The van der Waals surface area contributed by atoms with Gasteiger partial charge in [0.2, 0.25) is 0 Å². The molecule has 0 aliphatic carbocycles. The summed E-state index contributed by atoms with van der Waals surface area (Å²) in [7, 11) is 0. The van der Waals surface area contributed by atoms with Gasteiger partial charge in [0.25, 0.3) is 0 Å². The minimum atomic E-state index is 0.443. The van der Waals surface area contributed by atoms with Crippen LogP contribution in [0.2, 0.25) is 0 Å². The third kappa shape index (κ3) is 23.8. The largest absolute Gasteiger partial charge is 0.192 e. The van der Waals surface area contributed by atoms with E-state index in [1.54, 1.807) is 91.9 Å². The molecule has 0 unspecified atom stereocenters. The van der Waals surface area contributed by atoms with Crippen molar-refractivity contribution in [3.8, 4) is 78.9 Å². The number of benzene rings is 8. The SMILES string of the molecule is Cc1c(C#N)cccc1C#N.Cc1cc(C#N)ccc1C#N.Cc1ccc(C#N)c(C#N)c1.Cc1ccc(C#N)cc1.Cc1ccc(C#N)cc1C#N.Cc1cccc(C#N)c1.Cc1cccc(C#N)c1C#N.Cc1ccccc1C#N. The third-order valence-electron chi connectivity index (χ3n) is 11.1. The lowest BCUT2D eigenvalue weighted by molar-refractivity contribution is 1.35. The Hall–Kier alpha value is -12.9. The quantitative estimate of drug-likeness (QED) is 0.136. The van der Waals surface area contributed by atoms with E-state index in [9.17, 15) is 0 Å². The molecule has 82 heavy (non-hydrogen) atoms. The van der Waals surface area contributed by atoms with E-state index >= 15 is 0 Å². The summed E-state index contributed by atoms with van der Waals surface area (Å²) in [6.45, 7) is 15.1. The minimum Gasteiger partial charge on any atom is -0.192 e. The van der Waals surface area contributed by atoms with E-state index < -0.39 is 0 Å². The first-order valence-corrected chi connectivity index (χ1v) is 24.3. The van der Waals surface area contributed by atoms with E-state index in [0.717, 1.165) is 55.6 Å². The van der Waals surface area contributed by atoms with Crippen molar-refractivity contribution in [2.75, 3.05) is 0 Å². The highest BCUT2D eigenvalue weighted by Crippen LogP contribution is 2.14. The molecular formula is C69H51N13. The first-order chi connectivity index (χ1) is 39.4. The summed E-state index contributed by atoms with van der Waals surface area (Å²) in [4.78, 5) is 0. The van der Waals surface area contributed by atoms with Gasteiger partial charge in [0.1, 0.15) is 24.3 Å². The molecule has 0 saturated heterocycles. The van der Waals surface area contributed by atoms with Crippen molar-refractivity contribution < 1.29 is 0 Å². The summed E-state index contributed by atoms with van der Waals surface area (Å²) < 4.78 is 0. The molecule has 0 radical (unpaired) electrons. The molecule has 0 bridgehead atoms. The van der Waals surface area contributed by atoms with Crippen LogP contribution in [0.5, 0.6) is 0 Å². The number of hydrogen-bond donors (Lipinski definition) is 0. The van der Waals surface area contributed by atoms with Crippen LogP contribution >= 0.6 is 0 Å². The molecule has 8 aromatic carbocycles. The minimum absolute atomic E-state index is 0.443. The standard InChI is InChI=1S/5C9H6N2.3C8H7N/c1-7-4-8(5-10)2-3-9(7)6-11;1-7-2-3-8(5-10)4-9(7)6-11;1-7-2-3-8(5-10)9(4-7)6-11;1-7-8(5-10)3-2-4-9(7)6-11;1-7-3-2-4-8(5-10)9(7)6-11;1-7-2-4-8(6-9)5-3-7;1-7-3-2-4-8(5-7)6-9;1-7-4-2-3-5-8(7)6-9/h5*2-4H,1H3;3*2-5H,1H3. The van der Waals surface area contributed by atoms with Crippen LogP contribution in [0.15, 0.2) is 164 Å². The highest BCUT2D eigenvalue weighted by Gasteiger charge is 2.03. The van der Waals surface area contributed by atoms with Gasteiger partial charge in [0.15, 0.2) is 0 Å². The van der Waals surface area contributed by atoms with Crippen LogP contribution in [0.25, 0.3) is 0 Å². The Morgan fingerprint density at radius 2 is 0.598 bits per heavy atom. The van der Waals surface area contributed by atoms with Gasteiger partial charge in [-0.05, 0) is 185 Å². The molecule has 392 valence electrons. The van der Waals surface area contributed by atoms with Gasteiger partial charge in [-0.3, -0.25) is 0 Å². The van der Waals surface area contributed by atoms with Crippen LogP contribution in [-0.4, -0.2) is 0 Å². The molecule has 13 nitrogen and oxygen atoms in total. The Morgan fingerprint density at radius 1 is 0.207 bits per heavy atom. The maximum Gasteiger partial charge on any atom is 0.101 e. The van der Waals surface area contributed by atoms with Crippen molar-refractivity contribution in [3.05, 3.63) is 281 Å². The summed E-state index contributed by atoms with van der Waals surface area (Å²) in [5.41, 5.74) is 15.3. The molecule has 8 aromatic rings. The smallest absolute Gasteiger partial charge is 0.101 e. The first kappa shape index (κ1) is 67.1. The normalized spacial score (nSPS) is 8.33. The molecule has 0 aliphatic heterocycles. The van der Waals surface area contributed by atoms with E-state index in [1.165, 1.54) is 5.56 Å². The molecule has 0 heterocycles. The fourth-order valence-corrected chi connectivity index (χ4v) is 6.35. The molecule has 0 N–H and O–H groups in total. The Morgan fingerprint density at radius 3 is 1.06 bits per heavy atom. The van der Waals surface area contributed by atoms with Gasteiger partial charge in [-0.25, -0.2) is 0 Å². The van der Waals surface area contributed by atoms with Crippen molar-refractivity contribution in [2.45, 2.75) is 55.4 Å². The molecular weight excluding hydrogens is 1010 g/mol. The van der Waals surface area contributed by atoms with Crippen LogP contribution in [0.4, 0.5) is 0 Å². The van der Waals surface area contributed by atoms with E-state index in [-0.39, 0.29) is 0 Å². The Bertz CT molecular complexity index is 4020. The fourth-order valence-electron chi connectivity index (χ4n) is 6.35. The zero-order valence-corrected chi connectivity index (χ0v) is 46.4. The summed E-state index contributed by atoms with van der Waals surface area (Å²) in [6.07, 6.45) is 0. The van der Waals surface area contributed by atoms with Crippen LogP contribution in [0.3, 0.4) is 0 Å². The zero-order valence-electron chi connectivity index (χ0n) is 46.4. The lowest BCUT2D eigenvalue weighted by atomic mass is 10.0. The predicted molar refractivity (Wildman–Crippen MR) is 311 cm³/mol. The van der Waals surface area contributed by atoms with Gasteiger partial charge in [-0.1, -0.05) is 78.4 Å². The van der Waals surface area contributed by atoms with Crippen molar-refractivity contribution in [1.29, 1.82) is 68.4 Å². The molecule has 13 heteroatoms. The van der Waals surface area contributed by atoms with Crippen LogP contribution in [0.1, 0.15) is 117 Å². The number of nitrogens with zero attached hydrogens (tertiary/aromatic N) is 13. The molecule has 0 spiro atoms. The summed E-state index contributed by atoms with van der Waals surface area (Å²) in [5, 5.41) is 111. The zero-order chi connectivity index (χ0) is 61.4. The Balaban J connectivity index is 0.000000469. The number of nitriles is 13. The maximum absolute atomic E-state index is 8.63. The average Bonchev–Trinajstić information content (AvgIpc) is 3.51. The van der Waals surface area contributed by atoms with Gasteiger partial charge in [0.05, 0.1) is 127 Å². The van der Waals surface area contributed by atoms with E-state index in [4.69, 9.17) is 68.4 Å². The Labute approximate surface area is 481 Å². The second kappa shape index (κ2) is 37.8. The number of hydrogen-bond acceptors (Lipinski definition) is 13. The van der Waals surface area contributed by atoms with E-state index in [2.05, 4.69) is 18.2 Å². The van der Waals surface area contributed by atoms with Gasteiger partial charge < -0.3 is 0 Å². The highest BCUT2D eigenvalue weighted by molar-refractivity contribution is 5.51. The molecule has 0 aromatic heterocycles. The van der Waals surface area contributed by atoms with Gasteiger partial charge in [0, 0.05) is 0 Å². The molecule has 0 amide bonds. The van der Waals surface area contributed by atoms with Crippen LogP contribution < -0.4 is 0 Å². The topological polar surface area (TPSA) is 309 Å². The summed E-state index contributed by atoms with van der Waals surface area (Å²) in [6, 6.07) is 74.3. The molecule has 0 atom stereocenters. The molecule has 0 aliphatic rings. The van der Waals surface area contributed by atoms with Crippen molar-refractivity contribution in [1.82, 2.24) is 0 Å². The predicted octanol–water partition coefficient (Wildman–Crippen LogP) is 14.3. The van der Waals surface area contributed by atoms with Crippen molar-refractivity contribution in [2.24, 2.45) is 0 Å². The van der Waals surface area contributed by atoms with Crippen molar-refractivity contribution in [3.63, 3.8) is 0 Å². The van der Waals surface area contributed by atoms with Crippen LogP contribution in [0, 0.1) is 203 Å². The van der Waals surface area contributed by atoms with E-state index in [1.807, 2.05) is 188 Å². The lowest BCUT2D eigenvalue weighted by Gasteiger charge is -1.96.